The van der Waals surface area contributed by atoms with Gasteiger partial charge in [-0.25, -0.2) is 13.1 Å². The molecule has 0 radical (unpaired) electrons. The summed E-state index contributed by atoms with van der Waals surface area (Å²) in [7, 11) is -3.23. The fourth-order valence-corrected chi connectivity index (χ4v) is 2.45. The predicted molar refractivity (Wildman–Crippen MR) is 69.6 cm³/mol. The Morgan fingerprint density at radius 2 is 2.24 bits per heavy atom. The summed E-state index contributed by atoms with van der Waals surface area (Å²) in [4.78, 5) is 4.08. The summed E-state index contributed by atoms with van der Waals surface area (Å²) in [6, 6.07) is 5.47. The molecule has 0 aromatic carbocycles. The van der Waals surface area contributed by atoms with Crippen molar-refractivity contribution in [3.05, 3.63) is 30.1 Å². The zero-order valence-corrected chi connectivity index (χ0v) is 11.3. The van der Waals surface area contributed by atoms with Crippen LogP contribution in [-0.2, 0) is 16.4 Å². The maximum atomic E-state index is 11.6. The summed E-state index contributed by atoms with van der Waals surface area (Å²) in [5.41, 5.74) is 0.781. The molecule has 1 aromatic rings. The van der Waals surface area contributed by atoms with Crippen molar-refractivity contribution in [3.63, 3.8) is 0 Å². The Morgan fingerprint density at radius 3 is 2.82 bits per heavy atom. The van der Waals surface area contributed by atoms with Gasteiger partial charge in [-0.05, 0) is 18.1 Å². The van der Waals surface area contributed by atoms with E-state index in [9.17, 15) is 8.42 Å². The highest BCUT2D eigenvalue weighted by molar-refractivity contribution is 7.89. The molecule has 0 spiro atoms. The number of alkyl halides is 1. The largest absolute Gasteiger partial charge is 0.261 e. The van der Waals surface area contributed by atoms with Crippen molar-refractivity contribution >= 4 is 21.6 Å². The normalized spacial score (nSPS) is 13.5. The molecule has 6 heteroatoms. The Balaban J connectivity index is 2.40. The van der Waals surface area contributed by atoms with Gasteiger partial charge in [0.25, 0.3) is 0 Å². The molecule has 96 valence electrons. The lowest BCUT2D eigenvalue weighted by atomic mass is 10.2. The topological polar surface area (TPSA) is 59.1 Å². The summed E-state index contributed by atoms with van der Waals surface area (Å²) in [6.45, 7) is 2.28. The summed E-state index contributed by atoms with van der Waals surface area (Å²) in [5, 5.41) is 0. The summed E-state index contributed by atoms with van der Waals surface area (Å²) < 4.78 is 25.8. The Morgan fingerprint density at radius 1 is 1.47 bits per heavy atom. The molecule has 0 aliphatic carbocycles. The Hall–Kier alpha value is -0.650. The molecule has 0 saturated heterocycles. The number of nitrogens with zero attached hydrogens (tertiary/aromatic N) is 1. The summed E-state index contributed by atoms with van der Waals surface area (Å²) in [5.74, 6) is 0.642. The van der Waals surface area contributed by atoms with Crippen LogP contribution in [0.3, 0.4) is 0 Å². The highest BCUT2D eigenvalue weighted by Crippen LogP contribution is 2.00. The number of sulfonamides is 1. The minimum atomic E-state index is -3.23. The summed E-state index contributed by atoms with van der Waals surface area (Å²) >= 11 is 5.61. The molecule has 0 amide bonds. The molecular weight excluding hydrogens is 260 g/mol. The van der Waals surface area contributed by atoms with Crippen molar-refractivity contribution in [2.24, 2.45) is 5.92 Å². The Labute approximate surface area is 107 Å². The van der Waals surface area contributed by atoms with Crippen LogP contribution < -0.4 is 4.72 Å². The molecule has 1 heterocycles. The first-order chi connectivity index (χ1) is 8.03. The smallest absolute Gasteiger partial charge is 0.211 e. The molecule has 0 bridgehead atoms. The van der Waals surface area contributed by atoms with Gasteiger partial charge in [0.2, 0.25) is 10.0 Å². The van der Waals surface area contributed by atoms with Gasteiger partial charge in [0.05, 0.1) is 5.75 Å². The SMILES string of the molecule is CC(CCl)CNS(=O)(=O)CCc1ccccn1. The fraction of sp³-hybridized carbons (Fsp3) is 0.545. The van der Waals surface area contributed by atoms with E-state index in [4.69, 9.17) is 11.6 Å². The van der Waals surface area contributed by atoms with Gasteiger partial charge in [0.1, 0.15) is 0 Å². The van der Waals surface area contributed by atoms with Gasteiger partial charge >= 0.3 is 0 Å². The third kappa shape index (κ3) is 6.00. The molecule has 1 aromatic heterocycles. The zero-order valence-electron chi connectivity index (χ0n) is 9.77. The second-order valence-corrected chi connectivity index (χ2v) is 6.23. The second-order valence-electron chi connectivity index (χ2n) is 4.00. The lowest BCUT2D eigenvalue weighted by molar-refractivity contribution is 0.561. The van der Waals surface area contributed by atoms with Gasteiger partial charge in [-0.3, -0.25) is 4.98 Å². The van der Waals surface area contributed by atoms with E-state index in [1.165, 1.54) is 0 Å². The van der Waals surface area contributed by atoms with Crippen LogP contribution in [0.4, 0.5) is 0 Å². The van der Waals surface area contributed by atoms with E-state index in [0.29, 0.717) is 18.8 Å². The summed E-state index contributed by atoms with van der Waals surface area (Å²) in [6.07, 6.45) is 2.08. The van der Waals surface area contributed by atoms with E-state index in [-0.39, 0.29) is 11.7 Å². The quantitative estimate of drug-likeness (QED) is 0.766. The first-order valence-electron chi connectivity index (χ1n) is 5.46. The first-order valence-corrected chi connectivity index (χ1v) is 7.65. The number of aryl methyl sites for hydroxylation is 1. The van der Waals surface area contributed by atoms with Crippen LogP contribution >= 0.6 is 11.6 Å². The third-order valence-electron chi connectivity index (χ3n) is 2.27. The molecule has 17 heavy (non-hydrogen) atoms. The maximum absolute atomic E-state index is 11.6. The number of hydrogen-bond acceptors (Lipinski definition) is 3. The van der Waals surface area contributed by atoms with E-state index in [1.807, 2.05) is 19.1 Å². The highest BCUT2D eigenvalue weighted by atomic mass is 35.5. The number of aromatic nitrogens is 1. The standard InChI is InChI=1S/C11H17ClN2O2S/c1-10(8-12)9-14-17(15,16)7-5-11-4-2-3-6-13-11/h2-4,6,10,14H,5,7-9H2,1H3. The van der Waals surface area contributed by atoms with Gasteiger partial charge in [-0.15, -0.1) is 11.6 Å². The third-order valence-corrected chi connectivity index (χ3v) is 4.14. The number of pyridine rings is 1. The van der Waals surface area contributed by atoms with Crippen molar-refractivity contribution in [2.45, 2.75) is 13.3 Å². The molecule has 1 rings (SSSR count). The minimum Gasteiger partial charge on any atom is -0.261 e. The van der Waals surface area contributed by atoms with E-state index in [2.05, 4.69) is 9.71 Å². The highest BCUT2D eigenvalue weighted by Gasteiger charge is 2.12. The molecule has 4 nitrogen and oxygen atoms in total. The van der Waals surface area contributed by atoms with Crippen LogP contribution in [0, 0.1) is 5.92 Å². The molecule has 1 unspecified atom stereocenters. The van der Waals surface area contributed by atoms with Gasteiger partial charge in [-0.2, -0.15) is 0 Å². The van der Waals surface area contributed by atoms with Gasteiger partial charge in [0.15, 0.2) is 0 Å². The van der Waals surface area contributed by atoms with Crippen molar-refractivity contribution < 1.29 is 8.42 Å². The zero-order chi connectivity index (χ0) is 12.7. The lowest BCUT2D eigenvalue weighted by Gasteiger charge is -2.09. The minimum absolute atomic E-state index is 0.0546. The average molecular weight is 277 g/mol. The van der Waals surface area contributed by atoms with E-state index >= 15 is 0 Å². The number of nitrogens with one attached hydrogen (secondary N) is 1. The van der Waals surface area contributed by atoms with Crippen LogP contribution in [0.5, 0.6) is 0 Å². The molecular formula is C11H17ClN2O2S. The first kappa shape index (κ1) is 14.4. The number of hydrogen-bond donors (Lipinski definition) is 1. The molecule has 0 fully saturated rings. The van der Waals surface area contributed by atoms with E-state index in [1.54, 1.807) is 12.3 Å². The van der Waals surface area contributed by atoms with Gasteiger partial charge < -0.3 is 0 Å². The maximum Gasteiger partial charge on any atom is 0.211 e. The van der Waals surface area contributed by atoms with Gasteiger partial charge in [-0.1, -0.05) is 13.0 Å². The Bertz CT molecular complexity index is 422. The van der Waals surface area contributed by atoms with Crippen molar-refractivity contribution in [3.8, 4) is 0 Å². The lowest BCUT2D eigenvalue weighted by Crippen LogP contribution is -2.31. The van der Waals surface area contributed by atoms with Crippen LogP contribution in [0.25, 0.3) is 0 Å². The average Bonchev–Trinajstić information content (AvgIpc) is 2.35. The molecule has 0 aliphatic rings. The van der Waals surface area contributed by atoms with E-state index in [0.717, 1.165) is 5.69 Å². The predicted octanol–water partition coefficient (Wildman–Crippen LogP) is 1.42. The monoisotopic (exact) mass is 276 g/mol. The van der Waals surface area contributed by atoms with Crippen LogP contribution in [0.2, 0.25) is 0 Å². The van der Waals surface area contributed by atoms with Crippen molar-refractivity contribution in [2.75, 3.05) is 18.2 Å². The number of rotatable bonds is 7. The van der Waals surface area contributed by atoms with E-state index < -0.39 is 10.0 Å². The molecule has 0 aliphatic heterocycles. The van der Waals surface area contributed by atoms with Crippen LogP contribution in [-0.4, -0.2) is 31.6 Å². The van der Waals surface area contributed by atoms with Crippen molar-refractivity contribution in [1.29, 1.82) is 0 Å². The number of halogens is 1. The second kappa shape index (κ2) is 6.93. The van der Waals surface area contributed by atoms with Crippen LogP contribution in [0.1, 0.15) is 12.6 Å². The molecule has 1 N–H and O–H groups in total. The molecule has 0 saturated carbocycles. The molecule has 1 atom stereocenters. The fourth-order valence-electron chi connectivity index (χ4n) is 1.18. The van der Waals surface area contributed by atoms with Crippen molar-refractivity contribution in [1.82, 2.24) is 9.71 Å². The van der Waals surface area contributed by atoms with Gasteiger partial charge in [0, 0.05) is 30.7 Å². The van der Waals surface area contributed by atoms with Crippen LogP contribution in [0.15, 0.2) is 24.4 Å². The Kier molecular flexibility index (Phi) is 5.88.